The average molecular weight is 411 g/mol. The van der Waals surface area contributed by atoms with Crippen LogP contribution in [0.4, 0.5) is 5.69 Å². The van der Waals surface area contributed by atoms with E-state index in [9.17, 15) is 4.79 Å². The highest BCUT2D eigenvalue weighted by Crippen LogP contribution is 2.32. The van der Waals surface area contributed by atoms with Crippen LogP contribution in [-0.4, -0.2) is 10.7 Å². The van der Waals surface area contributed by atoms with Crippen molar-refractivity contribution < 1.29 is 4.79 Å². The van der Waals surface area contributed by atoms with Crippen molar-refractivity contribution in [3.8, 4) is 0 Å². The van der Waals surface area contributed by atoms with Gasteiger partial charge in [0.25, 0.3) is 0 Å². The molecule has 2 aromatic carbocycles. The third-order valence-electron chi connectivity index (χ3n) is 3.27. The van der Waals surface area contributed by atoms with E-state index in [-0.39, 0.29) is 15.6 Å². The Bertz CT molecular complexity index is 628. The Morgan fingerprint density at radius 3 is 2.33 bits per heavy atom. The summed E-state index contributed by atoms with van der Waals surface area (Å²) in [5, 5.41) is 2.97. The maximum atomic E-state index is 12.4. The Balaban J connectivity index is 2.09. The molecule has 0 aliphatic heterocycles. The van der Waals surface area contributed by atoms with E-state index in [1.165, 1.54) is 5.56 Å². The minimum Gasteiger partial charge on any atom is -0.325 e. The number of benzene rings is 2. The molecule has 0 saturated carbocycles. The zero-order chi connectivity index (χ0) is 15.4. The van der Waals surface area contributed by atoms with Crippen molar-refractivity contribution in [2.45, 2.75) is 23.5 Å². The Morgan fingerprint density at radius 1 is 1.05 bits per heavy atom. The van der Waals surface area contributed by atoms with Gasteiger partial charge in [-0.3, -0.25) is 4.79 Å². The second kappa shape index (κ2) is 7.23. The molecule has 1 amide bonds. The first-order chi connectivity index (χ1) is 9.99. The number of aryl methyl sites for hydroxylation is 2. The molecule has 0 aliphatic carbocycles. The lowest BCUT2D eigenvalue weighted by Crippen LogP contribution is -2.26. The fraction of sp³-hybridized carbons (Fsp3) is 0.235. The van der Waals surface area contributed by atoms with E-state index in [0.717, 1.165) is 16.8 Å². The van der Waals surface area contributed by atoms with Crippen LogP contribution < -0.4 is 5.32 Å². The van der Waals surface area contributed by atoms with Gasteiger partial charge >= 0.3 is 0 Å². The molecule has 2 rings (SSSR count). The van der Waals surface area contributed by atoms with E-state index in [1.54, 1.807) is 0 Å². The van der Waals surface area contributed by atoms with Gasteiger partial charge in [0.2, 0.25) is 5.91 Å². The fourth-order valence-corrected chi connectivity index (χ4v) is 3.06. The number of carbonyl (C=O) groups is 1. The van der Waals surface area contributed by atoms with Crippen LogP contribution in [0.1, 0.15) is 21.5 Å². The average Bonchev–Trinajstić information content (AvgIpc) is 2.49. The monoisotopic (exact) mass is 409 g/mol. The summed E-state index contributed by atoms with van der Waals surface area (Å²) in [6.45, 7) is 4.03. The highest BCUT2D eigenvalue weighted by molar-refractivity contribution is 9.12. The lowest BCUT2D eigenvalue weighted by Gasteiger charge is -2.18. The highest BCUT2D eigenvalue weighted by atomic mass is 79.9. The largest absolute Gasteiger partial charge is 0.325 e. The molecule has 0 heterocycles. The zero-order valence-corrected chi connectivity index (χ0v) is 15.1. The van der Waals surface area contributed by atoms with Crippen LogP contribution in [0.2, 0.25) is 0 Å². The maximum Gasteiger partial charge on any atom is 0.239 e. The van der Waals surface area contributed by atoms with E-state index >= 15 is 0 Å². The van der Waals surface area contributed by atoms with Gasteiger partial charge in [-0.1, -0.05) is 79.9 Å². The highest BCUT2D eigenvalue weighted by Gasteiger charge is 2.25. The van der Waals surface area contributed by atoms with Gasteiger partial charge in [0, 0.05) is 5.69 Å². The molecule has 0 radical (unpaired) electrons. The lowest BCUT2D eigenvalue weighted by atomic mass is 10.1. The Labute approximate surface area is 142 Å². The lowest BCUT2D eigenvalue weighted by molar-refractivity contribution is -0.115. The molecule has 2 aromatic rings. The summed E-state index contributed by atoms with van der Waals surface area (Å²) in [7, 11) is 0. The van der Waals surface area contributed by atoms with Crippen molar-refractivity contribution in [2.75, 3.05) is 5.32 Å². The van der Waals surface area contributed by atoms with Crippen molar-refractivity contribution in [3.05, 3.63) is 65.2 Å². The third-order valence-corrected chi connectivity index (χ3v) is 5.98. The first-order valence-electron chi connectivity index (χ1n) is 6.70. The van der Waals surface area contributed by atoms with E-state index in [4.69, 9.17) is 0 Å². The SMILES string of the molecule is Cc1ccc(NC(=O)[C@@H](Br)[C@H](Br)c2ccccc2)c(C)c1. The molecule has 2 nitrogen and oxygen atoms in total. The van der Waals surface area contributed by atoms with Crippen LogP contribution in [0.25, 0.3) is 0 Å². The third kappa shape index (κ3) is 4.17. The van der Waals surface area contributed by atoms with Gasteiger partial charge in [-0.2, -0.15) is 0 Å². The number of hydrogen-bond donors (Lipinski definition) is 1. The molecule has 0 aliphatic rings. The normalized spacial score (nSPS) is 13.5. The van der Waals surface area contributed by atoms with E-state index in [1.807, 2.05) is 56.3 Å². The molecule has 4 heteroatoms. The smallest absolute Gasteiger partial charge is 0.239 e. The molecular weight excluding hydrogens is 394 g/mol. The van der Waals surface area contributed by atoms with Crippen molar-refractivity contribution in [1.29, 1.82) is 0 Å². The molecule has 0 aromatic heterocycles. The molecule has 21 heavy (non-hydrogen) atoms. The number of hydrogen-bond acceptors (Lipinski definition) is 1. The molecule has 0 spiro atoms. The van der Waals surface area contributed by atoms with Gasteiger partial charge in [-0.05, 0) is 31.0 Å². The van der Waals surface area contributed by atoms with Crippen LogP contribution in [0, 0.1) is 13.8 Å². The summed E-state index contributed by atoms with van der Waals surface area (Å²) in [6, 6.07) is 15.9. The second-order valence-corrected chi connectivity index (χ2v) is 6.99. The van der Waals surface area contributed by atoms with Gasteiger partial charge in [-0.15, -0.1) is 0 Å². The van der Waals surface area contributed by atoms with Gasteiger partial charge in [-0.25, -0.2) is 0 Å². The molecule has 0 saturated heterocycles. The van der Waals surface area contributed by atoms with Gasteiger partial charge in [0.15, 0.2) is 0 Å². The van der Waals surface area contributed by atoms with Gasteiger partial charge in [0.05, 0.1) is 4.83 Å². The first kappa shape index (κ1) is 16.2. The topological polar surface area (TPSA) is 29.1 Å². The number of rotatable bonds is 4. The Kier molecular flexibility index (Phi) is 5.59. The number of amides is 1. The Morgan fingerprint density at radius 2 is 1.71 bits per heavy atom. The molecule has 1 N–H and O–H groups in total. The van der Waals surface area contributed by atoms with Crippen molar-refractivity contribution in [3.63, 3.8) is 0 Å². The van der Waals surface area contributed by atoms with Crippen LogP contribution >= 0.6 is 31.9 Å². The fourth-order valence-electron chi connectivity index (χ4n) is 2.09. The van der Waals surface area contributed by atoms with Crippen molar-refractivity contribution in [1.82, 2.24) is 0 Å². The quantitative estimate of drug-likeness (QED) is 0.694. The molecule has 0 bridgehead atoms. The summed E-state index contributed by atoms with van der Waals surface area (Å²) < 4.78 is 0. The molecule has 0 unspecified atom stereocenters. The van der Waals surface area contributed by atoms with Crippen LogP contribution in [0.5, 0.6) is 0 Å². The van der Waals surface area contributed by atoms with Crippen LogP contribution in [0.15, 0.2) is 48.5 Å². The molecular formula is C17H17Br2NO. The first-order valence-corrected chi connectivity index (χ1v) is 8.53. The minimum absolute atomic E-state index is 0.0623. The minimum atomic E-state index is -0.347. The Hall–Kier alpha value is -1.13. The zero-order valence-electron chi connectivity index (χ0n) is 11.9. The van der Waals surface area contributed by atoms with Gasteiger partial charge in [0.1, 0.15) is 4.83 Å². The molecule has 110 valence electrons. The number of anilines is 1. The summed E-state index contributed by atoms with van der Waals surface area (Å²) in [4.78, 5) is 12.0. The predicted octanol–water partition coefficient (Wildman–Crippen LogP) is 5.14. The second-order valence-electron chi connectivity index (χ2n) is 5.02. The van der Waals surface area contributed by atoms with E-state index in [0.29, 0.717) is 0 Å². The summed E-state index contributed by atoms with van der Waals surface area (Å²) in [6.07, 6.45) is 0. The summed E-state index contributed by atoms with van der Waals surface area (Å²) >= 11 is 7.07. The maximum absolute atomic E-state index is 12.4. The summed E-state index contributed by atoms with van der Waals surface area (Å²) in [5.41, 5.74) is 4.16. The number of halogens is 2. The standard InChI is InChI=1S/C17H17Br2NO/c1-11-8-9-14(12(2)10-11)20-17(21)16(19)15(18)13-6-4-3-5-7-13/h3-10,15-16H,1-2H3,(H,20,21)/t15-,16+/m1/s1. The molecule has 2 atom stereocenters. The predicted molar refractivity (Wildman–Crippen MR) is 95.4 cm³/mol. The van der Waals surface area contributed by atoms with Crippen LogP contribution in [-0.2, 0) is 4.79 Å². The van der Waals surface area contributed by atoms with Crippen molar-refractivity contribution >= 4 is 43.5 Å². The number of nitrogens with one attached hydrogen (secondary N) is 1. The number of alkyl halides is 2. The van der Waals surface area contributed by atoms with Gasteiger partial charge < -0.3 is 5.32 Å². The molecule has 0 fully saturated rings. The number of carbonyl (C=O) groups excluding carboxylic acids is 1. The summed E-state index contributed by atoms with van der Waals surface area (Å²) in [5.74, 6) is -0.0623. The van der Waals surface area contributed by atoms with E-state index < -0.39 is 0 Å². The van der Waals surface area contributed by atoms with E-state index in [2.05, 4.69) is 43.2 Å². The van der Waals surface area contributed by atoms with Crippen molar-refractivity contribution in [2.24, 2.45) is 0 Å². The van der Waals surface area contributed by atoms with Crippen LogP contribution in [0.3, 0.4) is 0 Å².